The van der Waals surface area contributed by atoms with Crippen molar-refractivity contribution in [2.45, 2.75) is 52.0 Å². The van der Waals surface area contributed by atoms with Crippen molar-refractivity contribution in [2.24, 2.45) is 0 Å². The Hall–Kier alpha value is -2.55. The molecule has 0 N–H and O–H groups in total. The van der Waals surface area contributed by atoms with Gasteiger partial charge in [0.15, 0.2) is 0 Å². The van der Waals surface area contributed by atoms with Crippen LogP contribution in [-0.4, -0.2) is 11.7 Å². The molecule has 0 bridgehead atoms. The Labute approximate surface area is 161 Å². The van der Waals surface area contributed by atoms with Crippen LogP contribution in [0.5, 0.6) is 5.75 Å². The van der Waals surface area contributed by atoms with E-state index in [1.807, 2.05) is 53.1 Å². The number of pyridine rings is 1. The molecule has 0 unspecified atom stereocenters. The number of nitrogens with zero attached hydrogens (tertiary/aromatic N) is 1. The lowest BCUT2D eigenvalue weighted by Gasteiger charge is -2.13. The van der Waals surface area contributed by atoms with E-state index in [9.17, 15) is 4.79 Å². The Morgan fingerprint density at radius 3 is 2.33 bits per heavy atom. The summed E-state index contributed by atoms with van der Waals surface area (Å²) >= 11 is 0. The highest BCUT2D eigenvalue weighted by Crippen LogP contribution is 2.23. The van der Waals surface area contributed by atoms with E-state index in [0.29, 0.717) is 0 Å². The number of unbranched alkanes of at least 4 members (excludes halogenated alkanes) is 5. The quantitative estimate of drug-likeness (QED) is 0.434. The van der Waals surface area contributed by atoms with Crippen LogP contribution in [0.3, 0.4) is 0 Å². The minimum Gasteiger partial charge on any atom is -0.497 e. The van der Waals surface area contributed by atoms with Crippen molar-refractivity contribution in [3.8, 4) is 16.9 Å². The number of aromatic nitrogens is 1. The minimum atomic E-state index is 0.0902. The lowest BCUT2D eigenvalue weighted by Crippen LogP contribution is -2.22. The molecule has 0 aliphatic carbocycles. The average molecular weight is 364 g/mol. The molecule has 27 heavy (non-hydrogen) atoms. The molecule has 3 nitrogen and oxygen atoms in total. The first-order chi connectivity index (χ1) is 13.2. The highest BCUT2D eigenvalue weighted by Gasteiger charge is 2.11. The highest BCUT2D eigenvalue weighted by atomic mass is 16.5. The van der Waals surface area contributed by atoms with Gasteiger partial charge in [-0.25, -0.2) is 0 Å². The number of fused-ring (bicyclic) bond motifs is 1. The first-order valence-electron chi connectivity index (χ1n) is 10.0. The van der Waals surface area contributed by atoms with Gasteiger partial charge in [0.05, 0.1) is 12.6 Å². The monoisotopic (exact) mass is 363 g/mol. The Bertz CT molecular complexity index is 925. The third-order valence-corrected chi connectivity index (χ3v) is 5.14. The summed E-state index contributed by atoms with van der Waals surface area (Å²) in [6.07, 6.45) is 7.31. The third-order valence-electron chi connectivity index (χ3n) is 5.14. The Balaban J connectivity index is 1.91. The molecular weight excluding hydrogens is 334 g/mol. The van der Waals surface area contributed by atoms with Gasteiger partial charge in [0, 0.05) is 12.1 Å². The van der Waals surface area contributed by atoms with Crippen molar-refractivity contribution in [2.75, 3.05) is 7.11 Å². The Morgan fingerprint density at radius 1 is 0.889 bits per heavy atom. The molecule has 0 saturated carbocycles. The predicted molar refractivity (Wildman–Crippen MR) is 114 cm³/mol. The minimum absolute atomic E-state index is 0.0902. The summed E-state index contributed by atoms with van der Waals surface area (Å²) in [6.45, 7) is 3.01. The lowest BCUT2D eigenvalue weighted by atomic mass is 10.0. The molecule has 3 rings (SSSR count). The summed E-state index contributed by atoms with van der Waals surface area (Å²) in [4.78, 5) is 13.2. The van der Waals surface area contributed by atoms with E-state index >= 15 is 0 Å². The second kappa shape index (κ2) is 9.40. The van der Waals surface area contributed by atoms with Gasteiger partial charge in [0.1, 0.15) is 5.75 Å². The van der Waals surface area contributed by atoms with E-state index in [4.69, 9.17) is 4.74 Å². The van der Waals surface area contributed by atoms with Crippen LogP contribution in [0.4, 0.5) is 0 Å². The van der Waals surface area contributed by atoms with Crippen LogP contribution >= 0.6 is 0 Å². The molecule has 2 aromatic carbocycles. The van der Waals surface area contributed by atoms with Gasteiger partial charge in [-0.15, -0.1) is 0 Å². The second-order valence-corrected chi connectivity index (χ2v) is 7.07. The summed E-state index contributed by atoms with van der Waals surface area (Å²) in [5.74, 6) is 0.798. The van der Waals surface area contributed by atoms with Crippen molar-refractivity contribution < 1.29 is 4.74 Å². The summed E-state index contributed by atoms with van der Waals surface area (Å²) in [5.41, 5.74) is 2.80. The molecule has 0 aliphatic heterocycles. The van der Waals surface area contributed by atoms with E-state index in [2.05, 4.69) is 13.0 Å². The SMILES string of the molecule is CCCCCCCCn1c(=O)c(-c2ccc(OC)cc2)cc2ccccc21. The summed E-state index contributed by atoms with van der Waals surface area (Å²) < 4.78 is 7.19. The number of rotatable bonds is 9. The number of benzene rings is 2. The van der Waals surface area contributed by atoms with Gasteiger partial charge in [-0.05, 0) is 41.6 Å². The number of hydrogen-bond acceptors (Lipinski definition) is 2. The fourth-order valence-electron chi connectivity index (χ4n) is 3.58. The van der Waals surface area contributed by atoms with Gasteiger partial charge >= 0.3 is 0 Å². The molecule has 1 heterocycles. The lowest BCUT2D eigenvalue weighted by molar-refractivity contribution is 0.415. The van der Waals surface area contributed by atoms with E-state index in [1.54, 1.807) is 7.11 Å². The number of aryl methyl sites for hydroxylation is 1. The highest BCUT2D eigenvalue weighted by molar-refractivity contribution is 5.84. The van der Waals surface area contributed by atoms with E-state index in [1.165, 1.54) is 32.1 Å². The van der Waals surface area contributed by atoms with Gasteiger partial charge in [0.2, 0.25) is 0 Å². The molecule has 1 aromatic heterocycles. The molecule has 3 aromatic rings. The van der Waals surface area contributed by atoms with Crippen molar-refractivity contribution >= 4 is 10.9 Å². The number of ether oxygens (including phenoxy) is 1. The number of hydrogen-bond donors (Lipinski definition) is 0. The molecule has 0 saturated heterocycles. The normalized spacial score (nSPS) is 11.0. The predicted octanol–water partition coefficient (Wildman–Crippen LogP) is 6.04. The van der Waals surface area contributed by atoms with Gasteiger partial charge in [-0.3, -0.25) is 4.79 Å². The first-order valence-corrected chi connectivity index (χ1v) is 10.0. The molecular formula is C24H29NO2. The van der Waals surface area contributed by atoms with Crippen LogP contribution in [0.2, 0.25) is 0 Å². The maximum Gasteiger partial charge on any atom is 0.258 e. The van der Waals surface area contributed by atoms with Crippen molar-refractivity contribution in [1.29, 1.82) is 0 Å². The summed E-state index contributed by atoms with van der Waals surface area (Å²) in [6, 6.07) is 17.9. The number of methoxy groups -OCH3 is 1. The summed E-state index contributed by atoms with van der Waals surface area (Å²) in [7, 11) is 1.65. The molecule has 0 radical (unpaired) electrons. The smallest absolute Gasteiger partial charge is 0.258 e. The van der Waals surface area contributed by atoms with Gasteiger partial charge in [0.25, 0.3) is 5.56 Å². The van der Waals surface area contributed by atoms with Crippen LogP contribution in [0, 0.1) is 0 Å². The zero-order chi connectivity index (χ0) is 19.1. The van der Waals surface area contributed by atoms with E-state index < -0.39 is 0 Å². The molecule has 142 valence electrons. The molecule has 0 aliphatic rings. The third kappa shape index (κ3) is 4.60. The maximum absolute atomic E-state index is 13.2. The van der Waals surface area contributed by atoms with Crippen molar-refractivity contribution in [3.05, 3.63) is 65.0 Å². The zero-order valence-electron chi connectivity index (χ0n) is 16.4. The van der Waals surface area contributed by atoms with Crippen LogP contribution < -0.4 is 10.3 Å². The molecule has 3 heteroatoms. The van der Waals surface area contributed by atoms with Gasteiger partial charge in [-0.1, -0.05) is 69.4 Å². The van der Waals surface area contributed by atoms with Crippen LogP contribution in [-0.2, 0) is 6.54 Å². The fraction of sp³-hybridized carbons (Fsp3) is 0.375. The standard InChI is InChI=1S/C24H29NO2/c1-3-4-5-6-7-10-17-25-23-12-9-8-11-20(23)18-22(24(25)26)19-13-15-21(27-2)16-14-19/h8-9,11-16,18H,3-7,10,17H2,1-2H3. The maximum atomic E-state index is 13.2. The topological polar surface area (TPSA) is 31.2 Å². The fourth-order valence-corrected chi connectivity index (χ4v) is 3.58. The first kappa shape index (κ1) is 19.2. The second-order valence-electron chi connectivity index (χ2n) is 7.07. The van der Waals surface area contributed by atoms with Crippen molar-refractivity contribution in [1.82, 2.24) is 4.57 Å². The van der Waals surface area contributed by atoms with Crippen LogP contribution in [0.25, 0.3) is 22.0 Å². The average Bonchev–Trinajstić information content (AvgIpc) is 2.71. The Morgan fingerprint density at radius 2 is 1.59 bits per heavy atom. The van der Waals surface area contributed by atoms with E-state index in [-0.39, 0.29) is 5.56 Å². The largest absolute Gasteiger partial charge is 0.497 e. The molecule has 0 atom stereocenters. The molecule has 0 amide bonds. The Kier molecular flexibility index (Phi) is 6.69. The zero-order valence-corrected chi connectivity index (χ0v) is 16.4. The van der Waals surface area contributed by atoms with Gasteiger partial charge < -0.3 is 9.30 Å². The van der Waals surface area contributed by atoms with E-state index in [0.717, 1.165) is 40.7 Å². The van der Waals surface area contributed by atoms with Crippen LogP contribution in [0.15, 0.2) is 59.4 Å². The number of para-hydroxylation sites is 1. The molecule has 0 spiro atoms. The van der Waals surface area contributed by atoms with Gasteiger partial charge in [-0.2, -0.15) is 0 Å². The molecule has 0 fully saturated rings. The van der Waals surface area contributed by atoms with Crippen molar-refractivity contribution in [3.63, 3.8) is 0 Å². The van der Waals surface area contributed by atoms with Crippen LogP contribution in [0.1, 0.15) is 45.4 Å². The summed E-state index contributed by atoms with van der Waals surface area (Å²) in [5, 5.41) is 1.11.